The van der Waals surface area contributed by atoms with Crippen molar-refractivity contribution >= 4 is 11.6 Å². The number of likely N-dealkylation sites (N-methyl/N-ethyl adjacent to an activating group) is 1. The summed E-state index contributed by atoms with van der Waals surface area (Å²) in [5.41, 5.74) is 3.79. The number of rotatable bonds is 5. The van der Waals surface area contributed by atoms with E-state index in [0.717, 1.165) is 16.8 Å². The third kappa shape index (κ3) is 4.07. The van der Waals surface area contributed by atoms with E-state index in [1.807, 2.05) is 37.9 Å². The van der Waals surface area contributed by atoms with Crippen molar-refractivity contribution in [1.29, 1.82) is 0 Å². The van der Waals surface area contributed by atoms with Crippen molar-refractivity contribution in [1.82, 2.24) is 5.32 Å². The second kappa shape index (κ2) is 7.07. The number of aryl methyl sites for hydroxylation is 2. The molecule has 3 nitrogen and oxygen atoms in total. The van der Waals surface area contributed by atoms with Crippen molar-refractivity contribution in [3.05, 3.63) is 65.0 Å². The summed E-state index contributed by atoms with van der Waals surface area (Å²) in [6, 6.07) is 12.6. The summed E-state index contributed by atoms with van der Waals surface area (Å²) >= 11 is 0. The van der Waals surface area contributed by atoms with E-state index in [9.17, 15) is 9.18 Å². The lowest BCUT2D eigenvalue weighted by atomic mass is 10.1. The Bertz CT molecular complexity index is 670. The van der Waals surface area contributed by atoms with Crippen LogP contribution in [0.15, 0.2) is 42.5 Å². The van der Waals surface area contributed by atoms with Crippen molar-refractivity contribution in [2.24, 2.45) is 0 Å². The Hall–Kier alpha value is -2.36. The van der Waals surface area contributed by atoms with Gasteiger partial charge >= 0.3 is 0 Å². The van der Waals surface area contributed by atoms with Gasteiger partial charge in [0.05, 0.1) is 6.54 Å². The number of carbonyl (C=O) groups is 1. The molecule has 0 aliphatic rings. The molecule has 0 aromatic heterocycles. The van der Waals surface area contributed by atoms with Gasteiger partial charge in [-0.25, -0.2) is 4.39 Å². The Morgan fingerprint density at radius 3 is 2.64 bits per heavy atom. The van der Waals surface area contributed by atoms with Gasteiger partial charge in [-0.3, -0.25) is 4.79 Å². The summed E-state index contributed by atoms with van der Waals surface area (Å²) < 4.78 is 13.5. The number of hydrogen-bond donors (Lipinski definition) is 1. The van der Waals surface area contributed by atoms with E-state index in [0.29, 0.717) is 5.56 Å². The fourth-order valence-electron chi connectivity index (χ4n) is 2.32. The molecular formula is C18H21FN2O. The van der Waals surface area contributed by atoms with Crippen molar-refractivity contribution in [3.8, 4) is 0 Å². The number of anilines is 1. The van der Waals surface area contributed by atoms with Crippen LogP contribution in [-0.2, 0) is 11.3 Å². The van der Waals surface area contributed by atoms with Gasteiger partial charge in [-0.1, -0.05) is 30.3 Å². The van der Waals surface area contributed by atoms with Crippen LogP contribution in [0.1, 0.15) is 16.7 Å². The summed E-state index contributed by atoms with van der Waals surface area (Å²) in [5, 5.41) is 2.75. The molecule has 1 amide bonds. The van der Waals surface area contributed by atoms with E-state index in [4.69, 9.17) is 0 Å². The standard InChI is InChI=1S/C18H21FN2O/c1-13-8-9-14(2)17(10-13)21(3)12-18(22)20-11-15-6-4-5-7-16(15)19/h4-10H,11-12H2,1-3H3,(H,20,22). The minimum Gasteiger partial charge on any atom is -0.365 e. The molecule has 2 aromatic rings. The number of nitrogens with one attached hydrogen (secondary N) is 1. The van der Waals surface area contributed by atoms with Gasteiger partial charge < -0.3 is 10.2 Å². The maximum atomic E-state index is 13.5. The van der Waals surface area contributed by atoms with E-state index < -0.39 is 0 Å². The van der Waals surface area contributed by atoms with Gasteiger partial charge in [-0.05, 0) is 37.1 Å². The highest BCUT2D eigenvalue weighted by Crippen LogP contribution is 2.19. The number of benzene rings is 2. The minimum atomic E-state index is -0.300. The Kier molecular flexibility index (Phi) is 5.15. The summed E-state index contributed by atoms with van der Waals surface area (Å²) in [6.45, 7) is 4.47. The molecule has 0 saturated heterocycles. The molecule has 0 saturated carbocycles. The average Bonchev–Trinajstić information content (AvgIpc) is 2.48. The molecule has 0 bridgehead atoms. The largest absolute Gasteiger partial charge is 0.365 e. The lowest BCUT2D eigenvalue weighted by molar-refractivity contribution is -0.119. The van der Waals surface area contributed by atoms with Crippen molar-refractivity contribution < 1.29 is 9.18 Å². The van der Waals surface area contributed by atoms with Gasteiger partial charge in [0.25, 0.3) is 0 Å². The van der Waals surface area contributed by atoms with Crippen LogP contribution < -0.4 is 10.2 Å². The van der Waals surface area contributed by atoms with Crippen LogP contribution in [0.2, 0.25) is 0 Å². The number of halogens is 1. The quantitative estimate of drug-likeness (QED) is 0.919. The predicted octanol–water partition coefficient (Wildman–Crippen LogP) is 3.20. The summed E-state index contributed by atoms with van der Waals surface area (Å²) in [5.74, 6) is -0.433. The SMILES string of the molecule is Cc1ccc(C)c(N(C)CC(=O)NCc2ccccc2F)c1. The van der Waals surface area contributed by atoms with Crippen LogP contribution in [-0.4, -0.2) is 19.5 Å². The molecule has 0 aliphatic carbocycles. The maximum Gasteiger partial charge on any atom is 0.239 e. The first kappa shape index (κ1) is 16.0. The van der Waals surface area contributed by atoms with Crippen LogP contribution in [0.25, 0.3) is 0 Å². The van der Waals surface area contributed by atoms with Crippen LogP contribution >= 0.6 is 0 Å². The molecule has 1 N–H and O–H groups in total. The second-order valence-corrected chi connectivity index (χ2v) is 5.51. The van der Waals surface area contributed by atoms with Gasteiger partial charge in [0.1, 0.15) is 5.82 Å². The lowest BCUT2D eigenvalue weighted by Gasteiger charge is -2.21. The van der Waals surface area contributed by atoms with E-state index >= 15 is 0 Å². The third-order valence-electron chi connectivity index (χ3n) is 3.59. The van der Waals surface area contributed by atoms with Gasteiger partial charge in [-0.15, -0.1) is 0 Å². The molecular weight excluding hydrogens is 279 g/mol. The highest BCUT2D eigenvalue weighted by Gasteiger charge is 2.10. The zero-order valence-electron chi connectivity index (χ0n) is 13.2. The molecule has 0 fully saturated rings. The maximum absolute atomic E-state index is 13.5. The monoisotopic (exact) mass is 300 g/mol. The first-order valence-electron chi connectivity index (χ1n) is 7.26. The van der Waals surface area contributed by atoms with Gasteiger partial charge in [-0.2, -0.15) is 0 Å². The van der Waals surface area contributed by atoms with Crippen molar-refractivity contribution in [2.45, 2.75) is 20.4 Å². The zero-order chi connectivity index (χ0) is 16.1. The number of nitrogens with zero attached hydrogens (tertiary/aromatic N) is 1. The van der Waals surface area contributed by atoms with Crippen molar-refractivity contribution in [3.63, 3.8) is 0 Å². The molecule has 22 heavy (non-hydrogen) atoms. The molecule has 0 atom stereocenters. The predicted molar refractivity (Wildman–Crippen MR) is 87.4 cm³/mol. The van der Waals surface area contributed by atoms with Gasteiger partial charge in [0, 0.05) is 24.8 Å². The highest BCUT2D eigenvalue weighted by molar-refractivity contribution is 5.81. The molecule has 2 rings (SSSR count). The molecule has 0 spiro atoms. The highest BCUT2D eigenvalue weighted by atomic mass is 19.1. The topological polar surface area (TPSA) is 32.3 Å². The smallest absolute Gasteiger partial charge is 0.239 e. The van der Waals surface area contributed by atoms with Crippen LogP contribution in [0.3, 0.4) is 0 Å². The van der Waals surface area contributed by atoms with Crippen LogP contribution in [0.5, 0.6) is 0 Å². The lowest BCUT2D eigenvalue weighted by Crippen LogP contribution is -2.35. The number of carbonyl (C=O) groups excluding carboxylic acids is 1. The Balaban J connectivity index is 1.94. The third-order valence-corrected chi connectivity index (χ3v) is 3.59. The molecule has 4 heteroatoms. The first-order valence-corrected chi connectivity index (χ1v) is 7.26. The molecule has 2 aromatic carbocycles. The van der Waals surface area contributed by atoms with Gasteiger partial charge in [0.2, 0.25) is 5.91 Å². The van der Waals surface area contributed by atoms with Crippen molar-refractivity contribution in [2.75, 3.05) is 18.5 Å². The van der Waals surface area contributed by atoms with Crippen LogP contribution in [0, 0.1) is 19.7 Å². The zero-order valence-corrected chi connectivity index (χ0v) is 13.2. The Morgan fingerprint density at radius 2 is 1.91 bits per heavy atom. The molecule has 0 unspecified atom stereocenters. The average molecular weight is 300 g/mol. The Labute approximate surface area is 130 Å². The fourth-order valence-corrected chi connectivity index (χ4v) is 2.32. The van der Waals surface area contributed by atoms with E-state index in [2.05, 4.69) is 11.4 Å². The number of amides is 1. The normalized spacial score (nSPS) is 10.4. The van der Waals surface area contributed by atoms with E-state index in [1.165, 1.54) is 6.07 Å². The van der Waals surface area contributed by atoms with Gasteiger partial charge in [0.15, 0.2) is 0 Å². The van der Waals surface area contributed by atoms with E-state index in [-0.39, 0.29) is 24.8 Å². The van der Waals surface area contributed by atoms with Crippen LogP contribution in [0.4, 0.5) is 10.1 Å². The summed E-state index contributed by atoms with van der Waals surface area (Å²) in [7, 11) is 1.88. The Morgan fingerprint density at radius 1 is 1.18 bits per heavy atom. The molecule has 0 radical (unpaired) electrons. The summed E-state index contributed by atoms with van der Waals surface area (Å²) in [4.78, 5) is 13.9. The van der Waals surface area contributed by atoms with E-state index in [1.54, 1.807) is 18.2 Å². The fraction of sp³-hybridized carbons (Fsp3) is 0.278. The molecule has 116 valence electrons. The number of hydrogen-bond acceptors (Lipinski definition) is 2. The molecule has 0 heterocycles. The first-order chi connectivity index (χ1) is 10.5. The molecule has 0 aliphatic heterocycles. The summed E-state index contributed by atoms with van der Waals surface area (Å²) in [6.07, 6.45) is 0. The second-order valence-electron chi connectivity index (χ2n) is 5.51. The minimum absolute atomic E-state index is 0.133.